The van der Waals surface area contributed by atoms with Crippen LogP contribution in [0.4, 0.5) is 5.69 Å². The highest BCUT2D eigenvalue weighted by atomic mass is 16.5. The Labute approximate surface area is 135 Å². The Morgan fingerprint density at radius 1 is 1.30 bits per heavy atom. The average Bonchev–Trinajstić information content (AvgIpc) is 3.01. The van der Waals surface area contributed by atoms with Gasteiger partial charge in [0, 0.05) is 12.4 Å². The number of hydrogen-bond donors (Lipinski definition) is 1. The number of nitrogens with one attached hydrogen (secondary N) is 1. The smallest absolute Gasteiger partial charge is 0.250 e. The lowest BCUT2D eigenvalue weighted by atomic mass is 9.98. The molecule has 0 bridgehead atoms. The van der Waals surface area contributed by atoms with Gasteiger partial charge in [0.1, 0.15) is 18.2 Å². The zero-order valence-corrected chi connectivity index (χ0v) is 13.4. The molecule has 0 unspecified atom stereocenters. The normalized spacial score (nSPS) is 15.5. The maximum absolute atomic E-state index is 11.9. The van der Waals surface area contributed by atoms with Crippen molar-refractivity contribution in [1.82, 2.24) is 14.5 Å². The predicted octanol–water partition coefficient (Wildman–Crippen LogP) is 2.86. The molecule has 0 saturated heterocycles. The molecule has 1 aliphatic rings. The molecule has 0 atom stereocenters. The molecule has 1 saturated carbocycles. The van der Waals surface area contributed by atoms with E-state index in [2.05, 4.69) is 15.3 Å². The van der Waals surface area contributed by atoms with E-state index in [9.17, 15) is 4.79 Å². The summed E-state index contributed by atoms with van der Waals surface area (Å²) < 4.78 is 7.56. The lowest BCUT2D eigenvalue weighted by Crippen LogP contribution is -2.24. The van der Waals surface area contributed by atoms with Gasteiger partial charge in [-0.05, 0) is 31.9 Å². The number of carbonyl (C=O) groups excluding carboxylic acids is 1. The van der Waals surface area contributed by atoms with E-state index in [4.69, 9.17) is 4.74 Å². The van der Waals surface area contributed by atoms with Crippen molar-refractivity contribution in [3.05, 3.63) is 36.5 Å². The van der Waals surface area contributed by atoms with Crippen molar-refractivity contribution < 1.29 is 9.53 Å². The summed E-state index contributed by atoms with van der Waals surface area (Å²) in [5.74, 6) is 1.51. The van der Waals surface area contributed by atoms with E-state index >= 15 is 0 Å². The summed E-state index contributed by atoms with van der Waals surface area (Å²) >= 11 is 0. The monoisotopic (exact) mass is 314 g/mol. The summed E-state index contributed by atoms with van der Waals surface area (Å²) in [6, 6.07) is 3.69. The van der Waals surface area contributed by atoms with Gasteiger partial charge >= 0.3 is 0 Å². The van der Waals surface area contributed by atoms with Gasteiger partial charge < -0.3 is 10.1 Å². The summed E-state index contributed by atoms with van der Waals surface area (Å²) in [6.45, 7) is 2.02. The number of aromatic nitrogens is 3. The van der Waals surface area contributed by atoms with E-state index in [1.54, 1.807) is 12.4 Å². The second-order valence-electron chi connectivity index (χ2n) is 5.87. The minimum absolute atomic E-state index is 0.104. The summed E-state index contributed by atoms with van der Waals surface area (Å²) in [5, 5.41) is 2.82. The summed E-state index contributed by atoms with van der Waals surface area (Å²) in [5.41, 5.74) is 0.670. The van der Waals surface area contributed by atoms with Crippen LogP contribution in [-0.2, 0) is 9.53 Å². The van der Waals surface area contributed by atoms with E-state index in [0.717, 1.165) is 24.5 Å². The Morgan fingerprint density at radius 2 is 2.13 bits per heavy atom. The number of carbonyl (C=O) groups is 1. The lowest BCUT2D eigenvalue weighted by molar-refractivity contribution is -0.123. The maximum atomic E-state index is 11.9. The molecule has 0 radical (unpaired) electrons. The van der Waals surface area contributed by atoms with Crippen LogP contribution in [0.3, 0.4) is 0 Å². The van der Waals surface area contributed by atoms with Gasteiger partial charge in [-0.2, -0.15) is 0 Å². The number of nitrogens with zero attached hydrogens (tertiary/aromatic N) is 3. The average molecular weight is 314 g/mol. The highest BCUT2D eigenvalue weighted by Crippen LogP contribution is 2.20. The van der Waals surface area contributed by atoms with Crippen LogP contribution in [0.1, 0.15) is 37.9 Å². The van der Waals surface area contributed by atoms with Gasteiger partial charge in [0.25, 0.3) is 0 Å². The predicted molar refractivity (Wildman–Crippen MR) is 87.6 cm³/mol. The van der Waals surface area contributed by atoms with Crippen LogP contribution < -0.4 is 5.32 Å². The molecule has 2 heterocycles. The number of ether oxygens (including phenoxy) is 1. The number of rotatable bonds is 5. The van der Waals surface area contributed by atoms with E-state index < -0.39 is 0 Å². The quantitative estimate of drug-likeness (QED) is 0.921. The first-order chi connectivity index (χ1) is 11.2. The summed E-state index contributed by atoms with van der Waals surface area (Å²) in [7, 11) is 0. The fraction of sp³-hybridized carbons (Fsp3) is 0.471. The SMILES string of the molecule is Cc1nccn1-c1ccc(NC(=O)COC2CCCCC2)cn1. The number of aryl methyl sites for hydroxylation is 1. The number of amides is 1. The molecule has 2 aromatic rings. The Kier molecular flexibility index (Phi) is 5.02. The summed E-state index contributed by atoms with van der Waals surface area (Å²) in [4.78, 5) is 20.5. The molecule has 122 valence electrons. The van der Waals surface area contributed by atoms with Gasteiger partial charge in [0.15, 0.2) is 0 Å². The van der Waals surface area contributed by atoms with Crippen molar-refractivity contribution in [3.8, 4) is 5.82 Å². The van der Waals surface area contributed by atoms with Gasteiger partial charge in [-0.25, -0.2) is 9.97 Å². The highest BCUT2D eigenvalue weighted by Gasteiger charge is 2.15. The van der Waals surface area contributed by atoms with E-state index in [1.165, 1.54) is 19.3 Å². The molecule has 0 aliphatic heterocycles. The van der Waals surface area contributed by atoms with Crippen molar-refractivity contribution in [3.63, 3.8) is 0 Å². The van der Waals surface area contributed by atoms with Crippen LogP contribution in [0.2, 0.25) is 0 Å². The molecule has 1 aliphatic carbocycles. The van der Waals surface area contributed by atoms with Gasteiger partial charge in [0.2, 0.25) is 5.91 Å². The van der Waals surface area contributed by atoms with Crippen LogP contribution in [0.25, 0.3) is 5.82 Å². The molecule has 2 aromatic heterocycles. The van der Waals surface area contributed by atoms with E-state index in [1.807, 2.05) is 29.8 Å². The largest absolute Gasteiger partial charge is 0.368 e. The minimum Gasteiger partial charge on any atom is -0.368 e. The Bertz CT molecular complexity index is 645. The molecule has 1 fully saturated rings. The van der Waals surface area contributed by atoms with Crippen LogP contribution in [-0.4, -0.2) is 33.2 Å². The molecule has 23 heavy (non-hydrogen) atoms. The van der Waals surface area contributed by atoms with Gasteiger partial charge in [-0.15, -0.1) is 0 Å². The molecular formula is C17H22N4O2. The second kappa shape index (κ2) is 7.37. The molecule has 1 N–H and O–H groups in total. The van der Waals surface area contributed by atoms with Gasteiger partial charge in [-0.3, -0.25) is 9.36 Å². The topological polar surface area (TPSA) is 69.0 Å². The Balaban J connectivity index is 1.51. The van der Waals surface area contributed by atoms with Crippen LogP contribution >= 0.6 is 0 Å². The third-order valence-corrected chi connectivity index (χ3v) is 4.11. The summed E-state index contributed by atoms with van der Waals surface area (Å²) in [6.07, 6.45) is 11.3. The zero-order chi connectivity index (χ0) is 16.1. The Morgan fingerprint density at radius 3 is 2.78 bits per heavy atom. The van der Waals surface area contributed by atoms with Crippen LogP contribution in [0.15, 0.2) is 30.7 Å². The molecule has 0 spiro atoms. The van der Waals surface area contributed by atoms with Crippen LogP contribution in [0, 0.1) is 6.92 Å². The van der Waals surface area contributed by atoms with Crippen molar-refractivity contribution in [2.75, 3.05) is 11.9 Å². The van der Waals surface area contributed by atoms with Crippen molar-refractivity contribution in [2.45, 2.75) is 45.1 Å². The maximum Gasteiger partial charge on any atom is 0.250 e. The lowest BCUT2D eigenvalue weighted by Gasteiger charge is -2.21. The third kappa shape index (κ3) is 4.16. The number of hydrogen-bond acceptors (Lipinski definition) is 4. The molecule has 6 heteroatoms. The van der Waals surface area contributed by atoms with Crippen LogP contribution in [0.5, 0.6) is 0 Å². The fourth-order valence-corrected chi connectivity index (χ4v) is 2.84. The molecule has 1 amide bonds. The van der Waals surface area contributed by atoms with Crippen molar-refractivity contribution >= 4 is 11.6 Å². The molecule has 3 rings (SSSR count). The van der Waals surface area contributed by atoms with Crippen molar-refractivity contribution in [2.24, 2.45) is 0 Å². The minimum atomic E-state index is -0.135. The molecule has 0 aromatic carbocycles. The van der Waals surface area contributed by atoms with Crippen molar-refractivity contribution in [1.29, 1.82) is 0 Å². The highest BCUT2D eigenvalue weighted by molar-refractivity contribution is 5.91. The number of anilines is 1. The first kappa shape index (κ1) is 15.7. The molecular weight excluding hydrogens is 292 g/mol. The van der Waals surface area contributed by atoms with Gasteiger partial charge in [-0.1, -0.05) is 19.3 Å². The fourth-order valence-electron chi connectivity index (χ4n) is 2.84. The molecule has 6 nitrogen and oxygen atoms in total. The second-order valence-corrected chi connectivity index (χ2v) is 5.87. The number of imidazole rings is 1. The number of pyridine rings is 1. The van der Waals surface area contributed by atoms with E-state index in [0.29, 0.717) is 5.69 Å². The van der Waals surface area contributed by atoms with Gasteiger partial charge in [0.05, 0.1) is 18.0 Å². The first-order valence-corrected chi connectivity index (χ1v) is 8.10. The third-order valence-electron chi connectivity index (χ3n) is 4.11. The first-order valence-electron chi connectivity index (χ1n) is 8.10. The standard InChI is InChI=1S/C17H22N4O2/c1-13-18-9-10-21(13)16-8-7-14(11-19-16)20-17(22)12-23-15-5-3-2-4-6-15/h7-11,15H,2-6,12H2,1H3,(H,20,22). The Hall–Kier alpha value is -2.21. The van der Waals surface area contributed by atoms with E-state index in [-0.39, 0.29) is 18.6 Å². The zero-order valence-electron chi connectivity index (χ0n) is 13.4.